The minimum atomic E-state index is -0.103. The van der Waals surface area contributed by atoms with Gasteiger partial charge in [-0.1, -0.05) is 88.6 Å². The van der Waals surface area contributed by atoms with E-state index >= 15 is 0 Å². The van der Waals surface area contributed by atoms with Crippen LogP contribution in [0.25, 0.3) is 0 Å². The number of carbonyl (C=O) groups excluding carboxylic acids is 1. The van der Waals surface area contributed by atoms with Gasteiger partial charge in [0.2, 0.25) is 0 Å². The third-order valence-electron chi connectivity index (χ3n) is 6.10. The number of esters is 1. The van der Waals surface area contributed by atoms with Gasteiger partial charge in [-0.2, -0.15) is 0 Å². The maximum atomic E-state index is 12.2. The number of hydrogen-bond donors (Lipinski definition) is 0. The van der Waals surface area contributed by atoms with E-state index in [1.54, 1.807) is 5.57 Å². The molecule has 156 valence electrons. The SMILES string of the molecule is CCCCCCCC1CC=C(C(CCC)CCC(=O)Oc2ccccc2)CC1. The fraction of sp³-hybridized carbons (Fsp3) is 0.654. The van der Waals surface area contributed by atoms with E-state index < -0.39 is 0 Å². The molecule has 0 aliphatic heterocycles. The first kappa shape index (κ1) is 22.7. The Hall–Kier alpha value is -1.57. The van der Waals surface area contributed by atoms with Gasteiger partial charge in [0.15, 0.2) is 0 Å². The molecule has 2 heteroatoms. The molecule has 0 bridgehead atoms. The Balaban J connectivity index is 1.74. The molecular weight excluding hydrogens is 344 g/mol. The lowest BCUT2D eigenvalue weighted by atomic mass is 9.79. The maximum absolute atomic E-state index is 12.2. The summed E-state index contributed by atoms with van der Waals surface area (Å²) in [5.74, 6) is 1.99. The number of ether oxygens (including phenoxy) is 1. The summed E-state index contributed by atoms with van der Waals surface area (Å²) < 4.78 is 5.46. The Morgan fingerprint density at radius 2 is 1.82 bits per heavy atom. The van der Waals surface area contributed by atoms with E-state index in [-0.39, 0.29) is 5.97 Å². The first-order valence-corrected chi connectivity index (χ1v) is 11.7. The number of benzene rings is 1. The lowest BCUT2D eigenvalue weighted by Gasteiger charge is -2.27. The predicted molar refractivity (Wildman–Crippen MR) is 119 cm³/mol. The highest BCUT2D eigenvalue weighted by atomic mass is 16.5. The van der Waals surface area contributed by atoms with Crippen LogP contribution < -0.4 is 4.74 Å². The fourth-order valence-corrected chi connectivity index (χ4v) is 4.40. The molecule has 1 aromatic rings. The molecule has 0 fully saturated rings. The van der Waals surface area contributed by atoms with E-state index in [1.165, 1.54) is 70.6 Å². The van der Waals surface area contributed by atoms with Gasteiger partial charge in [0.25, 0.3) is 0 Å². The quantitative estimate of drug-likeness (QED) is 0.150. The molecule has 2 nitrogen and oxygen atoms in total. The van der Waals surface area contributed by atoms with Crippen LogP contribution >= 0.6 is 0 Å². The van der Waals surface area contributed by atoms with Crippen molar-refractivity contribution in [2.24, 2.45) is 11.8 Å². The molecule has 0 amide bonds. The molecule has 0 N–H and O–H groups in total. The third-order valence-corrected chi connectivity index (χ3v) is 6.10. The van der Waals surface area contributed by atoms with Crippen LogP contribution in [-0.4, -0.2) is 5.97 Å². The number of allylic oxidation sites excluding steroid dienone is 2. The third kappa shape index (κ3) is 8.63. The fourth-order valence-electron chi connectivity index (χ4n) is 4.40. The second-order valence-electron chi connectivity index (χ2n) is 8.43. The lowest BCUT2D eigenvalue weighted by Crippen LogP contribution is -2.15. The maximum Gasteiger partial charge on any atom is 0.311 e. The van der Waals surface area contributed by atoms with Gasteiger partial charge in [0.05, 0.1) is 0 Å². The molecule has 0 spiro atoms. The zero-order valence-electron chi connectivity index (χ0n) is 18.1. The molecule has 0 saturated carbocycles. The normalized spacial score (nSPS) is 17.8. The molecule has 0 aromatic heterocycles. The Bertz CT molecular complexity index is 575. The van der Waals surface area contributed by atoms with Crippen molar-refractivity contribution < 1.29 is 9.53 Å². The van der Waals surface area contributed by atoms with Crippen molar-refractivity contribution in [1.29, 1.82) is 0 Å². The van der Waals surface area contributed by atoms with E-state index in [2.05, 4.69) is 19.9 Å². The Morgan fingerprint density at radius 1 is 1.04 bits per heavy atom. The molecule has 1 aliphatic carbocycles. The number of rotatable bonds is 13. The summed E-state index contributed by atoms with van der Waals surface area (Å²) in [5, 5.41) is 0. The lowest BCUT2D eigenvalue weighted by molar-refractivity contribution is -0.134. The second kappa shape index (κ2) is 13.6. The zero-order valence-corrected chi connectivity index (χ0v) is 18.1. The molecule has 2 atom stereocenters. The average molecular weight is 385 g/mol. The second-order valence-corrected chi connectivity index (χ2v) is 8.43. The minimum absolute atomic E-state index is 0.103. The summed E-state index contributed by atoms with van der Waals surface area (Å²) in [5.41, 5.74) is 1.61. The van der Waals surface area contributed by atoms with Crippen LogP contribution in [0.1, 0.15) is 97.3 Å². The molecule has 28 heavy (non-hydrogen) atoms. The standard InChI is InChI=1S/C26H40O2/c1-3-5-6-7-9-13-22-16-18-24(19-17-22)23(12-4-2)20-21-26(27)28-25-14-10-8-11-15-25/h8,10-11,14-15,18,22-23H,3-7,9,12-13,16-17,19-21H2,1-2H3. The molecule has 0 saturated heterocycles. The smallest absolute Gasteiger partial charge is 0.311 e. The Morgan fingerprint density at radius 3 is 2.50 bits per heavy atom. The van der Waals surface area contributed by atoms with Gasteiger partial charge in [-0.25, -0.2) is 0 Å². The van der Waals surface area contributed by atoms with Gasteiger partial charge in [-0.15, -0.1) is 0 Å². The van der Waals surface area contributed by atoms with Crippen LogP contribution in [0.5, 0.6) is 5.75 Å². The van der Waals surface area contributed by atoms with Crippen LogP contribution in [0.15, 0.2) is 42.0 Å². The van der Waals surface area contributed by atoms with E-state index in [9.17, 15) is 4.79 Å². The van der Waals surface area contributed by atoms with Crippen molar-refractivity contribution in [2.45, 2.75) is 97.3 Å². The monoisotopic (exact) mass is 384 g/mol. The zero-order chi connectivity index (χ0) is 20.0. The highest BCUT2D eigenvalue weighted by Gasteiger charge is 2.21. The summed E-state index contributed by atoms with van der Waals surface area (Å²) in [4.78, 5) is 12.2. The number of unbranched alkanes of at least 4 members (excludes halogenated alkanes) is 4. The summed E-state index contributed by atoms with van der Waals surface area (Å²) in [7, 11) is 0. The highest BCUT2D eigenvalue weighted by Crippen LogP contribution is 2.35. The van der Waals surface area contributed by atoms with Crippen molar-refractivity contribution in [3.8, 4) is 5.75 Å². The molecule has 1 aromatic carbocycles. The van der Waals surface area contributed by atoms with Gasteiger partial charge in [0.1, 0.15) is 5.75 Å². The Labute approximate surface area is 172 Å². The molecule has 1 aliphatic rings. The van der Waals surface area contributed by atoms with Gasteiger partial charge in [0, 0.05) is 6.42 Å². The number of para-hydroxylation sites is 1. The molecule has 0 radical (unpaired) electrons. The van der Waals surface area contributed by atoms with Gasteiger partial charge < -0.3 is 4.74 Å². The molecule has 2 unspecified atom stereocenters. The number of hydrogen-bond acceptors (Lipinski definition) is 2. The summed E-state index contributed by atoms with van der Waals surface area (Å²) >= 11 is 0. The van der Waals surface area contributed by atoms with Crippen LogP contribution in [0.4, 0.5) is 0 Å². The highest BCUT2D eigenvalue weighted by molar-refractivity contribution is 5.72. The first-order chi connectivity index (χ1) is 13.7. The Kier molecular flexibility index (Phi) is 11.0. The summed E-state index contributed by atoms with van der Waals surface area (Å²) in [6.45, 7) is 4.53. The predicted octanol–water partition coefficient (Wildman–Crippen LogP) is 7.88. The molecule has 2 rings (SSSR count). The van der Waals surface area contributed by atoms with E-state index in [0.29, 0.717) is 18.1 Å². The minimum Gasteiger partial charge on any atom is -0.427 e. The van der Waals surface area contributed by atoms with E-state index in [1.807, 2.05) is 30.3 Å². The van der Waals surface area contributed by atoms with Gasteiger partial charge in [-0.3, -0.25) is 4.79 Å². The number of carbonyl (C=O) groups is 1. The van der Waals surface area contributed by atoms with Crippen molar-refractivity contribution in [2.75, 3.05) is 0 Å². The molecule has 0 heterocycles. The topological polar surface area (TPSA) is 26.3 Å². The van der Waals surface area contributed by atoms with Crippen molar-refractivity contribution in [3.63, 3.8) is 0 Å². The average Bonchev–Trinajstić information content (AvgIpc) is 2.72. The van der Waals surface area contributed by atoms with Crippen LogP contribution in [0.2, 0.25) is 0 Å². The summed E-state index contributed by atoms with van der Waals surface area (Å²) in [6.07, 6.45) is 18.5. The van der Waals surface area contributed by atoms with Gasteiger partial charge in [-0.05, 0) is 56.1 Å². The van der Waals surface area contributed by atoms with Crippen molar-refractivity contribution >= 4 is 5.97 Å². The van der Waals surface area contributed by atoms with Gasteiger partial charge >= 0.3 is 5.97 Å². The van der Waals surface area contributed by atoms with Crippen LogP contribution in [0, 0.1) is 11.8 Å². The first-order valence-electron chi connectivity index (χ1n) is 11.7. The van der Waals surface area contributed by atoms with E-state index in [0.717, 1.165) is 12.3 Å². The van der Waals surface area contributed by atoms with Crippen molar-refractivity contribution in [1.82, 2.24) is 0 Å². The molecular formula is C26H40O2. The largest absolute Gasteiger partial charge is 0.427 e. The van der Waals surface area contributed by atoms with E-state index in [4.69, 9.17) is 4.74 Å². The van der Waals surface area contributed by atoms with Crippen LogP contribution in [-0.2, 0) is 4.79 Å². The van der Waals surface area contributed by atoms with Crippen molar-refractivity contribution in [3.05, 3.63) is 42.0 Å². The van der Waals surface area contributed by atoms with Crippen LogP contribution in [0.3, 0.4) is 0 Å². The summed E-state index contributed by atoms with van der Waals surface area (Å²) in [6, 6.07) is 9.41.